The molecule has 0 bridgehead atoms. The molecule has 2 aromatic heterocycles. The third kappa shape index (κ3) is 4.42. The average Bonchev–Trinajstić information content (AvgIpc) is 3.16. The summed E-state index contributed by atoms with van der Waals surface area (Å²) in [6.07, 6.45) is 8.01. The summed E-state index contributed by atoms with van der Waals surface area (Å²) in [5.41, 5.74) is 8.18. The molecule has 3 aromatic rings. The van der Waals surface area contributed by atoms with Gasteiger partial charge < -0.3 is 11.1 Å². The summed E-state index contributed by atoms with van der Waals surface area (Å²) in [5.74, 6) is 1.28. The highest BCUT2D eigenvalue weighted by Crippen LogP contribution is 2.06. The van der Waals surface area contributed by atoms with E-state index in [0.29, 0.717) is 12.5 Å². The van der Waals surface area contributed by atoms with E-state index in [1.54, 1.807) is 18.7 Å². The van der Waals surface area contributed by atoms with Gasteiger partial charge in [0.05, 0.1) is 6.54 Å². The Hall–Kier alpha value is -3.15. The maximum absolute atomic E-state index is 5.90. The van der Waals surface area contributed by atoms with E-state index < -0.39 is 0 Å². The van der Waals surface area contributed by atoms with Crippen LogP contribution in [0.15, 0.2) is 72.4 Å². The Kier molecular flexibility index (Phi) is 5.19. The molecule has 0 saturated carbocycles. The largest absolute Gasteiger partial charge is 0.370 e. The van der Waals surface area contributed by atoms with E-state index in [9.17, 15) is 0 Å². The zero-order chi connectivity index (χ0) is 16.6. The molecule has 6 nitrogen and oxygen atoms in total. The topological polar surface area (TPSA) is 81.1 Å². The van der Waals surface area contributed by atoms with E-state index in [2.05, 4.69) is 32.4 Å². The highest BCUT2D eigenvalue weighted by atomic mass is 15.1. The third-order valence-corrected chi connectivity index (χ3v) is 3.57. The summed E-state index contributed by atoms with van der Waals surface area (Å²) in [6.45, 7) is 1.26. The molecule has 3 N–H and O–H groups in total. The predicted octanol–water partition coefficient (Wildman–Crippen LogP) is 1.91. The molecule has 0 aliphatic carbocycles. The molecule has 1 aromatic carbocycles. The van der Waals surface area contributed by atoms with Crippen LogP contribution in [0.2, 0.25) is 0 Å². The number of hydrogen-bond donors (Lipinski definition) is 2. The van der Waals surface area contributed by atoms with E-state index in [4.69, 9.17) is 5.73 Å². The summed E-state index contributed by atoms with van der Waals surface area (Å²) in [7, 11) is 0. The van der Waals surface area contributed by atoms with Crippen LogP contribution in [-0.2, 0) is 13.0 Å². The van der Waals surface area contributed by atoms with Crippen molar-refractivity contribution in [1.29, 1.82) is 0 Å². The Morgan fingerprint density at radius 1 is 1.12 bits per heavy atom. The smallest absolute Gasteiger partial charge is 0.188 e. The standard InChI is InChI=1S/C18H20N6/c19-18(21-9-8-15-4-2-1-3-5-15)23-13-16-6-7-17(22-12-16)24-11-10-20-14-24/h1-7,10-12,14H,8-9,13H2,(H3,19,21,23). The molecule has 2 heterocycles. The fraction of sp³-hybridized carbons (Fsp3) is 0.167. The van der Waals surface area contributed by atoms with E-state index >= 15 is 0 Å². The number of nitrogens with one attached hydrogen (secondary N) is 1. The van der Waals surface area contributed by atoms with E-state index in [0.717, 1.165) is 24.3 Å². The molecule has 0 unspecified atom stereocenters. The van der Waals surface area contributed by atoms with Crippen molar-refractivity contribution in [2.45, 2.75) is 13.0 Å². The van der Waals surface area contributed by atoms with Gasteiger partial charge in [0.2, 0.25) is 0 Å². The zero-order valence-corrected chi connectivity index (χ0v) is 13.3. The van der Waals surface area contributed by atoms with Crippen molar-refractivity contribution < 1.29 is 0 Å². The lowest BCUT2D eigenvalue weighted by molar-refractivity contribution is 0.847. The van der Waals surface area contributed by atoms with Crippen molar-refractivity contribution in [2.24, 2.45) is 10.7 Å². The molecule has 0 radical (unpaired) electrons. The molecule has 0 aliphatic rings. The van der Waals surface area contributed by atoms with Gasteiger partial charge in [0.15, 0.2) is 5.96 Å². The second kappa shape index (κ2) is 7.92. The Balaban J connectivity index is 1.48. The van der Waals surface area contributed by atoms with Crippen LogP contribution in [0.3, 0.4) is 0 Å². The molecular weight excluding hydrogens is 300 g/mol. The Labute approximate surface area is 141 Å². The number of hydrogen-bond acceptors (Lipinski definition) is 3. The average molecular weight is 320 g/mol. The van der Waals surface area contributed by atoms with Gasteiger partial charge in [0.25, 0.3) is 0 Å². The second-order valence-electron chi connectivity index (χ2n) is 5.36. The van der Waals surface area contributed by atoms with Crippen LogP contribution in [0, 0.1) is 0 Å². The quantitative estimate of drug-likeness (QED) is 0.537. The van der Waals surface area contributed by atoms with Crippen molar-refractivity contribution >= 4 is 5.96 Å². The number of imidazole rings is 1. The van der Waals surface area contributed by atoms with Crippen LogP contribution in [0.5, 0.6) is 0 Å². The van der Waals surface area contributed by atoms with E-state index in [1.807, 2.05) is 41.1 Å². The number of nitrogens with zero attached hydrogens (tertiary/aromatic N) is 4. The molecule has 0 aliphatic heterocycles. The van der Waals surface area contributed by atoms with Gasteiger partial charge >= 0.3 is 0 Å². The molecule has 122 valence electrons. The lowest BCUT2D eigenvalue weighted by atomic mass is 10.1. The lowest BCUT2D eigenvalue weighted by Crippen LogP contribution is -2.33. The minimum atomic E-state index is 0.449. The summed E-state index contributed by atoms with van der Waals surface area (Å²) < 4.78 is 1.85. The summed E-state index contributed by atoms with van der Waals surface area (Å²) >= 11 is 0. The maximum Gasteiger partial charge on any atom is 0.188 e. The first-order valence-electron chi connectivity index (χ1n) is 7.82. The summed E-state index contributed by atoms with van der Waals surface area (Å²) in [6, 6.07) is 14.2. The van der Waals surface area contributed by atoms with Crippen LogP contribution in [0.25, 0.3) is 5.82 Å². The zero-order valence-electron chi connectivity index (χ0n) is 13.3. The van der Waals surface area contributed by atoms with Crippen molar-refractivity contribution in [3.63, 3.8) is 0 Å². The first-order valence-corrected chi connectivity index (χ1v) is 7.82. The molecule has 24 heavy (non-hydrogen) atoms. The van der Waals surface area contributed by atoms with Crippen LogP contribution in [0.4, 0.5) is 0 Å². The van der Waals surface area contributed by atoms with Gasteiger partial charge in [-0.2, -0.15) is 0 Å². The number of pyridine rings is 1. The van der Waals surface area contributed by atoms with Gasteiger partial charge in [-0.25, -0.2) is 15.0 Å². The van der Waals surface area contributed by atoms with Gasteiger partial charge in [0.1, 0.15) is 12.1 Å². The Morgan fingerprint density at radius 3 is 2.71 bits per heavy atom. The van der Waals surface area contributed by atoms with Gasteiger partial charge in [-0.1, -0.05) is 36.4 Å². The van der Waals surface area contributed by atoms with Gasteiger partial charge in [-0.15, -0.1) is 0 Å². The SMILES string of the molecule is NC(=NCc1ccc(-n2ccnc2)nc1)NCCc1ccccc1. The predicted molar refractivity (Wildman–Crippen MR) is 94.8 cm³/mol. The highest BCUT2D eigenvalue weighted by Gasteiger charge is 1.98. The van der Waals surface area contributed by atoms with Crippen molar-refractivity contribution in [2.75, 3.05) is 6.54 Å². The number of guanidine groups is 1. The van der Waals surface area contributed by atoms with Crippen molar-refractivity contribution in [1.82, 2.24) is 19.9 Å². The first kappa shape index (κ1) is 15.7. The number of benzene rings is 1. The minimum absolute atomic E-state index is 0.449. The molecule has 0 saturated heterocycles. The van der Waals surface area contributed by atoms with Crippen molar-refractivity contribution in [3.8, 4) is 5.82 Å². The number of nitrogens with two attached hydrogens (primary N) is 1. The lowest BCUT2D eigenvalue weighted by Gasteiger charge is -2.06. The Bertz CT molecular complexity index is 763. The molecular formula is C18H20N6. The third-order valence-electron chi connectivity index (χ3n) is 3.57. The van der Waals surface area contributed by atoms with Crippen LogP contribution < -0.4 is 11.1 Å². The van der Waals surface area contributed by atoms with Gasteiger partial charge in [0, 0.05) is 25.1 Å². The van der Waals surface area contributed by atoms with Crippen LogP contribution >= 0.6 is 0 Å². The molecule has 0 amide bonds. The minimum Gasteiger partial charge on any atom is -0.370 e. The monoisotopic (exact) mass is 320 g/mol. The first-order chi connectivity index (χ1) is 11.8. The second-order valence-corrected chi connectivity index (χ2v) is 5.36. The fourth-order valence-corrected chi connectivity index (χ4v) is 2.27. The molecule has 3 rings (SSSR count). The van der Waals surface area contributed by atoms with E-state index in [-0.39, 0.29) is 0 Å². The molecule has 0 atom stereocenters. The summed E-state index contributed by atoms with van der Waals surface area (Å²) in [5, 5.41) is 3.13. The summed E-state index contributed by atoms with van der Waals surface area (Å²) in [4.78, 5) is 12.7. The fourth-order valence-electron chi connectivity index (χ4n) is 2.27. The number of aromatic nitrogens is 3. The Morgan fingerprint density at radius 2 is 2.00 bits per heavy atom. The number of aliphatic imine (C=N–C) groups is 1. The van der Waals surface area contributed by atoms with E-state index in [1.165, 1.54) is 5.56 Å². The molecule has 6 heteroatoms. The highest BCUT2D eigenvalue weighted by molar-refractivity contribution is 5.77. The van der Waals surface area contributed by atoms with Gasteiger partial charge in [-0.3, -0.25) is 4.57 Å². The van der Waals surface area contributed by atoms with Crippen molar-refractivity contribution in [3.05, 3.63) is 78.5 Å². The number of rotatable bonds is 6. The molecule has 0 spiro atoms. The maximum atomic E-state index is 5.90. The van der Waals surface area contributed by atoms with Gasteiger partial charge in [-0.05, 0) is 23.6 Å². The molecule has 0 fully saturated rings. The van der Waals surface area contributed by atoms with Crippen LogP contribution in [-0.4, -0.2) is 27.0 Å². The van der Waals surface area contributed by atoms with Crippen LogP contribution in [0.1, 0.15) is 11.1 Å². The normalized spacial score (nSPS) is 11.4.